The van der Waals surface area contributed by atoms with E-state index < -0.39 is 10.0 Å². The first-order chi connectivity index (χ1) is 11.9. The maximum atomic E-state index is 12.5. The van der Waals surface area contributed by atoms with Gasteiger partial charge in [-0.05, 0) is 31.9 Å². The third-order valence-electron chi connectivity index (χ3n) is 4.28. The number of amides is 1. The summed E-state index contributed by atoms with van der Waals surface area (Å²) in [6.45, 7) is 2.75. The van der Waals surface area contributed by atoms with Crippen LogP contribution in [0.25, 0.3) is 0 Å². The van der Waals surface area contributed by atoms with E-state index in [-0.39, 0.29) is 29.2 Å². The van der Waals surface area contributed by atoms with Gasteiger partial charge in [-0.3, -0.25) is 9.59 Å². The molecule has 0 saturated carbocycles. The minimum Gasteiger partial charge on any atom is -0.466 e. The van der Waals surface area contributed by atoms with Crippen LogP contribution in [-0.4, -0.2) is 62.8 Å². The Morgan fingerprint density at radius 3 is 2.36 bits per heavy atom. The molecule has 0 spiro atoms. The van der Waals surface area contributed by atoms with Gasteiger partial charge in [0.25, 0.3) is 0 Å². The van der Waals surface area contributed by atoms with Crippen LogP contribution in [0.3, 0.4) is 0 Å². The molecule has 0 unspecified atom stereocenters. The number of likely N-dealkylation sites (N-methyl/N-ethyl adjacent to an activating group) is 1. The first-order valence-corrected chi connectivity index (χ1v) is 9.76. The Morgan fingerprint density at radius 1 is 1.20 bits per heavy atom. The highest BCUT2D eigenvalue weighted by molar-refractivity contribution is 7.89. The SMILES string of the molecule is CCOC(=O)C1CCN(C(=O)CN(C)S(=O)(=O)c2ccccc2)CC1. The lowest BCUT2D eigenvalue weighted by molar-refractivity contribution is -0.151. The van der Waals surface area contributed by atoms with E-state index in [0.29, 0.717) is 32.5 Å². The standard InChI is InChI=1S/C17H24N2O5S/c1-3-24-17(21)14-9-11-19(12-10-14)16(20)13-18(2)25(22,23)15-7-5-4-6-8-15/h4-8,14H,3,9-13H2,1-2H3. The number of esters is 1. The summed E-state index contributed by atoms with van der Waals surface area (Å²) in [7, 11) is -2.30. The van der Waals surface area contributed by atoms with Crippen molar-refractivity contribution < 1.29 is 22.7 Å². The monoisotopic (exact) mass is 368 g/mol. The zero-order valence-corrected chi connectivity index (χ0v) is 15.4. The molecule has 0 N–H and O–H groups in total. The lowest BCUT2D eigenvalue weighted by Crippen LogP contribution is -2.45. The van der Waals surface area contributed by atoms with Gasteiger partial charge >= 0.3 is 5.97 Å². The number of benzene rings is 1. The van der Waals surface area contributed by atoms with Crippen molar-refractivity contribution in [3.8, 4) is 0 Å². The van der Waals surface area contributed by atoms with Gasteiger partial charge in [0.05, 0.1) is 24.0 Å². The summed E-state index contributed by atoms with van der Waals surface area (Å²) >= 11 is 0. The van der Waals surface area contributed by atoms with Gasteiger partial charge in [-0.1, -0.05) is 18.2 Å². The number of carbonyl (C=O) groups is 2. The van der Waals surface area contributed by atoms with E-state index in [1.54, 1.807) is 30.0 Å². The van der Waals surface area contributed by atoms with Crippen molar-refractivity contribution in [2.75, 3.05) is 33.3 Å². The smallest absolute Gasteiger partial charge is 0.309 e. The van der Waals surface area contributed by atoms with Crippen molar-refractivity contribution in [1.29, 1.82) is 0 Å². The molecule has 138 valence electrons. The molecular weight excluding hydrogens is 344 g/mol. The van der Waals surface area contributed by atoms with Crippen LogP contribution in [-0.2, 0) is 24.3 Å². The third kappa shape index (κ3) is 4.79. The Hall–Kier alpha value is -1.93. The molecule has 0 atom stereocenters. The van der Waals surface area contributed by atoms with E-state index in [1.807, 2.05) is 0 Å². The van der Waals surface area contributed by atoms with Gasteiger partial charge in [-0.2, -0.15) is 4.31 Å². The lowest BCUT2D eigenvalue weighted by Gasteiger charge is -2.32. The van der Waals surface area contributed by atoms with Crippen LogP contribution >= 0.6 is 0 Å². The topological polar surface area (TPSA) is 84.0 Å². The Balaban J connectivity index is 1.91. The predicted octanol–water partition coefficient (Wildman–Crippen LogP) is 1.11. The summed E-state index contributed by atoms with van der Waals surface area (Å²) in [6.07, 6.45) is 1.08. The molecule has 1 amide bonds. The van der Waals surface area contributed by atoms with E-state index in [2.05, 4.69) is 0 Å². The molecule has 0 aliphatic carbocycles. The molecule has 1 aliphatic rings. The average Bonchev–Trinajstić information content (AvgIpc) is 2.62. The molecule has 1 fully saturated rings. The van der Waals surface area contributed by atoms with Crippen LogP contribution in [0, 0.1) is 5.92 Å². The molecule has 1 heterocycles. The summed E-state index contributed by atoms with van der Waals surface area (Å²) in [5, 5.41) is 0. The maximum absolute atomic E-state index is 12.5. The van der Waals surface area contributed by atoms with E-state index in [4.69, 9.17) is 4.74 Å². The number of likely N-dealkylation sites (tertiary alicyclic amines) is 1. The molecule has 0 bridgehead atoms. The predicted molar refractivity (Wildman–Crippen MR) is 92.2 cm³/mol. The molecule has 2 rings (SSSR count). The highest BCUT2D eigenvalue weighted by Gasteiger charge is 2.30. The zero-order chi connectivity index (χ0) is 18.4. The van der Waals surface area contributed by atoms with Gasteiger partial charge in [0.15, 0.2) is 0 Å². The molecule has 1 aromatic rings. The fourth-order valence-corrected chi connectivity index (χ4v) is 3.91. The van der Waals surface area contributed by atoms with Gasteiger partial charge in [-0.25, -0.2) is 8.42 Å². The third-order valence-corrected chi connectivity index (χ3v) is 6.09. The summed E-state index contributed by atoms with van der Waals surface area (Å²) in [6, 6.07) is 8.02. The van der Waals surface area contributed by atoms with Gasteiger partial charge in [0.1, 0.15) is 0 Å². The number of piperidine rings is 1. The maximum Gasteiger partial charge on any atom is 0.309 e. The summed E-state index contributed by atoms with van der Waals surface area (Å²) < 4.78 is 31.0. The highest BCUT2D eigenvalue weighted by Crippen LogP contribution is 2.20. The minimum absolute atomic E-state index is 0.159. The second-order valence-corrected chi connectivity index (χ2v) is 8.03. The molecule has 0 radical (unpaired) electrons. The first-order valence-electron chi connectivity index (χ1n) is 8.32. The Bertz CT molecular complexity index is 697. The molecule has 1 saturated heterocycles. The lowest BCUT2D eigenvalue weighted by atomic mass is 9.97. The van der Waals surface area contributed by atoms with Gasteiger partial charge in [0, 0.05) is 20.1 Å². The fraction of sp³-hybridized carbons (Fsp3) is 0.529. The van der Waals surface area contributed by atoms with Crippen molar-refractivity contribution in [1.82, 2.24) is 9.21 Å². The molecule has 8 heteroatoms. The van der Waals surface area contributed by atoms with Crippen LogP contribution in [0.1, 0.15) is 19.8 Å². The highest BCUT2D eigenvalue weighted by atomic mass is 32.2. The number of nitrogens with zero attached hydrogens (tertiary/aromatic N) is 2. The average molecular weight is 368 g/mol. The second kappa shape index (κ2) is 8.44. The second-order valence-electron chi connectivity index (χ2n) is 5.98. The van der Waals surface area contributed by atoms with Crippen LogP contribution in [0.2, 0.25) is 0 Å². The van der Waals surface area contributed by atoms with Crippen LogP contribution in [0.15, 0.2) is 35.2 Å². The quantitative estimate of drug-likeness (QED) is 0.703. The summed E-state index contributed by atoms with van der Waals surface area (Å²) in [5.74, 6) is -0.669. The number of sulfonamides is 1. The number of rotatable bonds is 6. The normalized spacial score (nSPS) is 16.0. The number of carbonyl (C=O) groups excluding carboxylic acids is 2. The molecule has 0 aromatic heterocycles. The van der Waals surface area contributed by atoms with Crippen molar-refractivity contribution >= 4 is 21.9 Å². The van der Waals surface area contributed by atoms with Crippen LogP contribution in [0.5, 0.6) is 0 Å². The molecule has 1 aliphatic heterocycles. The van der Waals surface area contributed by atoms with Crippen molar-refractivity contribution in [3.63, 3.8) is 0 Å². The van der Waals surface area contributed by atoms with Gasteiger partial charge in [0.2, 0.25) is 15.9 Å². The Kier molecular flexibility index (Phi) is 6.55. The number of hydrogen-bond acceptors (Lipinski definition) is 5. The van der Waals surface area contributed by atoms with E-state index in [0.717, 1.165) is 4.31 Å². The molecule has 1 aromatic carbocycles. The Morgan fingerprint density at radius 2 is 1.80 bits per heavy atom. The largest absolute Gasteiger partial charge is 0.466 e. The zero-order valence-electron chi connectivity index (χ0n) is 14.6. The first kappa shape index (κ1) is 19.4. The molecular formula is C17H24N2O5S. The van der Waals surface area contributed by atoms with E-state index in [1.165, 1.54) is 19.2 Å². The van der Waals surface area contributed by atoms with Crippen molar-refractivity contribution in [2.24, 2.45) is 5.92 Å². The summed E-state index contributed by atoms with van der Waals surface area (Å²) in [5.41, 5.74) is 0. The molecule has 25 heavy (non-hydrogen) atoms. The van der Waals surface area contributed by atoms with Gasteiger partial charge in [-0.15, -0.1) is 0 Å². The van der Waals surface area contributed by atoms with Crippen molar-refractivity contribution in [3.05, 3.63) is 30.3 Å². The van der Waals surface area contributed by atoms with E-state index >= 15 is 0 Å². The minimum atomic E-state index is -3.69. The van der Waals surface area contributed by atoms with Crippen LogP contribution in [0.4, 0.5) is 0 Å². The van der Waals surface area contributed by atoms with Crippen molar-refractivity contribution in [2.45, 2.75) is 24.7 Å². The summed E-state index contributed by atoms with van der Waals surface area (Å²) in [4.78, 5) is 25.9. The Labute approximate surface area is 148 Å². The molecule has 7 nitrogen and oxygen atoms in total. The van der Waals surface area contributed by atoms with Gasteiger partial charge < -0.3 is 9.64 Å². The van der Waals surface area contributed by atoms with Crippen LogP contribution < -0.4 is 0 Å². The number of ether oxygens (including phenoxy) is 1. The number of hydrogen-bond donors (Lipinski definition) is 0. The fourth-order valence-electron chi connectivity index (χ4n) is 2.77. The van der Waals surface area contributed by atoms with E-state index in [9.17, 15) is 18.0 Å².